The third-order valence-electron chi connectivity index (χ3n) is 6.18. The van der Waals surface area contributed by atoms with Gasteiger partial charge in [0.25, 0.3) is 0 Å². The van der Waals surface area contributed by atoms with Crippen LogP contribution in [0, 0.1) is 0 Å². The van der Waals surface area contributed by atoms with E-state index in [0.29, 0.717) is 6.61 Å². The number of nitrogens with two attached hydrogens (primary N) is 1. The fourth-order valence-electron chi connectivity index (χ4n) is 4.02. The molecule has 198 valence electrons. The van der Waals surface area contributed by atoms with Crippen molar-refractivity contribution in [3.05, 3.63) is 22.7 Å². The summed E-state index contributed by atoms with van der Waals surface area (Å²) in [6.45, 7) is 4.51. The van der Waals surface area contributed by atoms with E-state index in [-0.39, 0.29) is 19.0 Å². The summed E-state index contributed by atoms with van der Waals surface area (Å²) in [5.74, 6) is 0.191. The molecular formula is C27H51N3O4. The maximum absolute atomic E-state index is 11.8. The van der Waals surface area contributed by atoms with Crippen LogP contribution in [0.1, 0.15) is 110 Å². The van der Waals surface area contributed by atoms with Gasteiger partial charge in [0.2, 0.25) is 0 Å². The average Bonchev–Trinajstić information content (AvgIpc) is 2.83. The zero-order valence-corrected chi connectivity index (χ0v) is 21.7. The highest BCUT2D eigenvalue weighted by Crippen LogP contribution is 2.13. The largest absolute Gasteiger partial charge is 0.394 e. The van der Waals surface area contributed by atoms with Crippen LogP contribution in [-0.2, 0) is 16.0 Å². The van der Waals surface area contributed by atoms with E-state index in [1.807, 2.05) is 0 Å². The molecular weight excluding hydrogens is 430 g/mol. The lowest BCUT2D eigenvalue weighted by molar-refractivity contribution is -0.00170. The first kappa shape index (κ1) is 30.6. The van der Waals surface area contributed by atoms with Crippen LogP contribution in [0.5, 0.6) is 0 Å². The van der Waals surface area contributed by atoms with Crippen molar-refractivity contribution in [1.29, 1.82) is 0 Å². The third-order valence-corrected chi connectivity index (χ3v) is 6.18. The minimum Gasteiger partial charge on any atom is -0.394 e. The topological polar surface area (TPSA) is 99.6 Å². The van der Waals surface area contributed by atoms with Gasteiger partial charge in [-0.3, -0.25) is 4.57 Å². The Balaban J connectivity index is 1.83. The predicted molar refractivity (Wildman–Crippen MR) is 140 cm³/mol. The highest BCUT2D eigenvalue weighted by Gasteiger charge is 2.10. The Morgan fingerprint density at radius 1 is 0.853 bits per heavy atom. The van der Waals surface area contributed by atoms with Gasteiger partial charge < -0.3 is 20.3 Å². The molecule has 7 heteroatoms. The van der Waals surface area contributed by atoms with Gasteiger partial charge >= 0.3 is 5.69 Å². The van der Waals surface area contributed by atoms with Crippen molar-refractivity contribution >= 4 is 5.82 Å². The maximum Gasteiger partial charge on any atom is 0.349 e. The van der Waals surface area contributed by atoms with E-state index in [2.05, 4.69) is 11.9 Å². The Labute approximate surface area is 207 Å². The molecule has 0 aliphatic rings. The Bertz CT molecular complexity index is 639. The molecule has 7 nitrogen and oxygen atoms in total. The van der Waals surface area contributed by atoms with Gasteiger partial charge in [-0.05, 0) is 25.3 Å². The van der Waals surface area contributed by atoms with E-state index in [4.69, 9.17) is 15.2 Å². The summed E-state index contributed by atoms with van der Waals surface area (Å²) in [7, 11) is 0. The van der Waals surface area contributed by atoms with Gasteiger partial charge in [0.05, 0.1) is 19.3 Å². The molecule has 1 aromatic rings. The second-order valence-electron chi connectivity index (χ2n) is 9.38. The number of hydrogen-bond donors (Lipinski definition) is 2. The monoisotopic (exact) mass is 481 g/mol. The molecule has 1 heterocycles. The number of aromatic nitrogens is 2. The Morgan fingerprint density at radius 3 is 1.88 bits per heavy atom. The van der Waals surface area contributed by atoms with Gasteiger partial charge in [0, 0.05) is 26.0 Å². The first-order chi connectivity index (χ1) is 16.7. The fourth-order valence-corrected chi connectivity index (χ4v) is 4.02. The van der Waals surface area contributed by atoms with Gasteiger partial charge in [0.1, 0.15) is 5.82 Å². The lowest BCUT2D eigenvalue weighted by Crippen LogP contribution is -2.32. The molecule has 0 aliphatic heterocycles. The zero-order valence-electron chi connectivity index (χ0n) is 21.7. The van der Waals surface area contributed by atoms with Crippen LogP contribution in [0.2, 0.25) is 0 Å². The molecule has 1 rings (SSSR count). The van der Waals surface area contributed by atoms with Crippen LogP contribution in [0.15, 0.2) is 17.1 Å². The summed E-state index contributed by atoms with van der Waals surface area (Å²) < 4.78 is 12.8. The Hall–Kier alpha value is -1.44. The van der Waals surface area contributed by atoms with E-state index in [9.17, 15) is 9.90 Å². The second kappa shape index (κ2) is 22.1. The lowest BCUT2D eigenvalue weighted by Gasteiger charge is -2.16. The van der Waals surface area contributed by atoms with Crippen molar-refractivity contribution < 1.29 is 14.6 Å². The minimum absolute atomic E-state index is 0.146. The van der Waals surface area contributed by atoms with Crippen molar-refractivity contribution in [2.75, 3.05) is 32.2 Å². The third kappa shape index (κ3) is 17.1. The molecule has 0 fully saturated rings. The molecule has 0 saturated heterocycles. The van der Waals surface area contributed by atoms with E-state index in [1.165, 1.54) is 88.0 Å². The predicted octanol–water partition coefficient (Wildman–Crippen LogP) is 5.48. The van der Waals surface area contributed by atoms with Crippen LogP contribution in [0.3, 0.4) is 0 Å². The van der Waals surface area contributed by atoms with Crippen LogP contribution in [0.4, 0.5) is 5.82 Å². The molecule has 0 radical (unpaired) electrons. The number of aliphatic hydroxyl groups excluding tert-OH is 1. The number of rotatable bonds is 24. The van der Waals surface area contributed by atoms with Gasteiger partial charge in [-0.1, -0.05) is 90.4 Å². The summed E-state index contributed by atoms with van der Waals surface area (Å²) in [6.07, 6.45) is 22.1. The van der Waals surface area contributed by atoms with Crippen molar-refractivity contribution in [2.45, 2.75) is 122 Å². The highest BCUT2D eigenvalue weighted by molar-refractivity contribution is 5.23. The van der Waals surface area contributed by atoms with Crippen molar-refractivity contribution in [1.82, 2.24) is 9.55 Å². The van der Waals surface area contributed by atoms with E-state index in [1.54, 1.807) is 12.3 Å². The zero-order chi connectivity index (χ0) is 24.7. The second-order valence-corrected chi connectivity index (χ2v) is 9.38. The van der Waals surface area contributed by atoms with Crippen molar-refractivity contribution in [3.63, 3.8) is 0 Å². The number of anilines is 1. The number of hydrogen-bond acceptors (Lipinski definition) is 6. The summed E-state index contributed by atoms with van der Waals surface area (Å²) in [5, 5.41) is 9.48. The fraction of sp³-hybridized carbons (Fsp3) is 0.852. The number of aliphatic hydroxyl groups is 1. The highest BCUT2D eigenvalue weighted by atomic mass is 16.5. The molecule has 0 aromatic carbocycles. The SMILES string of the molecule is CCCCCCCCCCCCCCCCOCCCCO[C@H](CO)Cn1ccc(N)nc1=O. The van der Waals surface area contributed by atoms with E-state index < -0.39 is 11.8 Å². The first-order valence-electron chi connectivity index (χ1n) is 13.8. The first-order valence-corrected chi connectivity index (χ1v) is 13.8. The number of ether oxygens (including phenoxy) is 2. The average molecular weight is 482 g/mol. The summed E-state index contributed by atoms with van der Waals surface area (Å²) >= 11 is 0. The normalized spacial score (nSPS) is 12.3. The van der Waals surface area contributed by atoms with Crippen LogP contribution >= 0.6 is 0 Å². The van der Waals surface area contributed by atoms with Crippen LogP contribution < -0.4 is 11.4 Å². The van der Waals surface area contributed by atoms with Crippen LogP contribution in [0.25, 0.3) is 0 Å². The summed E-state index contributed by atoms with van der Waals surface area (Å²) in [6, 6.07) is 1.56. The molecule has 0 saturated carbocycles. The molecule has 0 amide bonds. The molecule has 0 bridgehead atoms. The number of nitrogen functional groups attached to an aromatic ring is 1. The molecule has 34 heavy (non-hydrogen) atoms. The molecule has 3 N–H and O–H groups in total. The summed E-state index contributed by atoms with van der Waals surface area (Å²) in [5.41, 5.74) is 5.06. The molecule has 1 atom stereocenters. The van der Waals surface area contributed by atoms with Crippen molar-refractivity contribution in [2.24, 2.45) is 0 Å². The van der Waals surface area contributed by atoms with Gasteiger partial charge in [-0.2, -0.15) is 4.98 Å². The van der Waals surface area contributed by atoms with E-state index in [0.717, 1.165) is 32.5 Å². The molecule has 0 unspecified atom stereocenters. The summed E-state index contributed by atoms with van der Waals surface area (Å²) in [4.78, 5) is 15.4. The standard InChI is InChI=1S/C27H51N3O4/c1-2-3-4-5-6-7-8-9-10-11-12-13-14-15-20-33-21-16-17-22-34-25(24-31)23-30-19-18-26(28)29-27(30)32/h18-19,25,31H,2-17,20-24H2,1H3,(H2,28,29,32)/t25-/m0/s1. The smallest absolute Gasteiger partial charge is 0.349 e. The van der Waals surface area contributed by atoms with Gasteiger partial charge in [-0.25, -0.2) is 4.79 Å². The Kier molecular flexibility index (Phi) is 19.8. The molecule has 0 aliphatic carbocycles. The number of nitrogens with zero attached hydrogens (tertiary/aromatic N) is 2. The Morgan fingerprint density at radius 2 is 1.35 bits per heavy atom. The van der Waals surface area contributed by atoms with E-state index >= 15 is 0 Å². The maximum atomic E-state index is 11.8. The minimum atomic E-state index is -0.432. The number of unbranched alkanes of at least 4 members (excludes halogenated alkanes) is 14. The molecule has 0 spiro atoms. The molecule has 1 aromatic heterocycles. The lowest BCUT2D eigenvalue weighted by atomic mass is 10.0. The van der Waals surface area contributed by atoms with Crippen molar-refractivity contribution in [3.8, 4) is 0 Å². The van der Waals surface area contributed by atoms with Crippen LogP contribution in [-0.4, -0.2) is 47.2 Å². The van der Waals surface area contributed by atoms with Gasteiger partial charge in [-0.15, -0.1) is 0 Å². The van der Waals surface area contributed by atoms with Gasteiger partial charge in [0.15, 0.2) is 0 Å². The quantitative estimate of drug-likeness (QED) is 0.190.